The van der Waals surface area contributed by atoms with Crippen molar-refractivity contribution in [3.63, 3.8) is 0 Å². The molecule has 0 bridgehead atoms. The van der Waals surface area contributed by atoms with E-state index in [1.165, 1.54) is 11.9 Å². The lowest BCUT2D eigenvalue weighted by Crippen LogP contribution is -2.10. The lowest BCUT2D eigenvalue weighted by Gasteiger charge is -2.19. The Balaban J connectivity index is 2.23. The Morgan fingerprint density at radius 1 is 1.11 bits per heavy atom. The zero-order valence-electron chi connectivity index (χ0n) is 10.9. The van der Waals surface area contributed by atoms with Crippen molar-refractivity contribution in [3.8, 4) is 0 Å². The number of hydrogen-bond donors (Lipinski definition) is 0. The van der Waals surface area contributed by atoms with Crippen molar-refractivity contribution >= 4 is 39.3 Å². The zero-order chi connectivity index (χ0) is 14.0. The number of rotatable bonds is 2. The molecule has 2 aromatic rings. The minimum atomic E-state index is 0.169. The second-order valence-corrected chi connectivity index (χ2v) is 7.37. The summed E-state index contributed by atoms with van der Waals surface area (Å²) in [4.78, 5) is 9.28. The molecule has 0 N–H and O–H groups in total. The molecule has 100 valence electrons. The van der Waals surface area contributed by atoms with Gasteiger partial charge >= 0.3 is 0 Å². The molecule has 1 aromatic carbocycles. The van der Waals surface area contributed by atoms with Crippen molar-refractivity contribution in [2.75, 3.05) is 0 Å². The van der Waals surface area contributed by atoms with Gasteiger partial charge in [-0.05, 0) is 39.0 Å². The zero-order valence-corrected chi connectivity index (χ0v) is 14.1. The first-order valence-corrected chi connectivity index (χ1v) is 7.81. The monoisotopic (exact) mass is 356 g/mol. The maximum absolute atomic E-state index is 5.95. The van der Waals surface area contributed by atoms with Crippen LogP contribution in [-0.2, 0) is 5.41 Å². The van der Waals surface area contributed by atoms with Crippen molar-refractivity contribution in [2.24, 2.45) is 0 Å². The van der Waals surface area contributed by atoms with E-state index in [1.807, 2.05) is 0 Å². The highest BCUT2D eigenvalue weighted by Gasteiger charge is 2.14. The van der Waals surface area contributed by atoms with Crippen molar-refractivity contribution in [1.29, 1.82) is 0 Å². The third kappa shape index (κ3) is 3.71. The van der Waals surface area contributed by atoms with E-state index in [-0.39, 0.29) is 5.41 Å². The molecule has 19 heavy (non-hydrogen) atoms. The van der Waals surface area contributed by atoms with Crippen LogP contribution in [0.15, 0.2) is 45.0 Å². The van der Waals surface area contributed by atoms with Gasteiger partial charge in [-0.3, -0.25) is 0 Å². The molecule has 1 aromatic heterocycles. The molecule has 0 saturated carbocycles. The quantitative estimate of drug-likeness (QED) is 0.678. The first-order chi connectivity index (χ1) is 8.88. The number of hydrogen-bond acceptors (Lipinski definition) is 3. The standard InChI is InChI=1S/C14H14BrClN2S/c1-14(2,3)9-4-6-10(7-5-9)19-13-11(15)12(16)17-8-18-13/h4-8H,1-3H3. The molecule has 0 atom stereocenters. The van der Waals surface area contributed by atoms with Crippen LogP contribution in [0.3, 0.4) is 0 Å². The number of nitrogens with zero attached hydrogens (tertiary/aromatic N) is 2. The molecule has 5 heteroatoms. The Hall–Kier alpha value is -0.580. The maximum atomic E-state index is 5.95. The van der Waals surface area contributed by atoms with Gasteiger partial charge in [-0.1, -0.05) is 56.3 Å². The van der Waals surface area contributed by atoms with Crippen LogP contribution in [0, 0.1) is 0 Å². The van der Waals surface area contributed by atoms with Gasteiger partial charge in [-0.15, -0.1) is 0 Å². The van der Waals surface area contributed by atoms with Gasteiger partial charge in [-0.2, -0.15) is 0 Å². The molecule has 0 fully saturated rings. The number of benzene rings is 1. The van der Waals surface area contributed by atoms with Crippen LogP contribution in [0.4, 0.5) is 0 Å². The van der Waals surface area contributed by atoms with Gasteiger partial charge in [0.05, 0.1) is 4.47 Å². The van der Waals surface area contributed by atoms with Crippen LogP contribution >= 0.6 is 39.3 Å². The first-order valence-electron chi connectivity index (χ1n) is 5.82. The van der Waals surface area contributed by atoms with Crippen molar-refractivity contribution in [1.82, 2.24) is 9.97 Å². The summed E-state index contributed by atoms with van der Waals surface area (Å²) in [6.45, 7) is 6.61. The van der Waals surface area contributed by atoms with E-state index in [4.69, 9.17) is 11.6 Å². The van der Waals surface area contributed by atoms with Crippen LogP contribution in [0.25, 0.3) is 0 Å². The minimum Gasteiger partial charge on any atom is -0.228 e. The van der Waals surface area contributed by atoms with E-state index in [2.05, 4.69) is 70.9 Å². The van der Waals surface area contributed by atoms with Crippen LogP contribution in [-0.4, -0.2) is 9.97 Å². The lowest BCUT2D eigenvalue weighted by molar-refractivity contribution is 0.590. The Labute approximate surface area is 131 Å². The van der Waals surface area contributed by atoms with Gasteiger partial charge in [0, 0.05) is 4.90 Å². The molecule has 0 aliphatic carbocycles. The summed E-state index contributed by atoms with van der Waals surface area (Å²) in [6, 6.07) is 8.51. The largest absolute Gasteiger partial charge is 0.228 e. The van der Waals surface area contributed by atoms with E-state index >= 15 is 0 Å². The maximum Gasteiger partial charge on any atom is 0.147 e. The molecule has 0 spiro atoms. The summed E-state index contributed by atoms with van der Waals surface area (Å²) < 4.78 is 0.738. The second-order valence-electron chi connectivity index (χ2n) is 5.16. The van der Waals surface area contributed by atoms with Crippen molar-refractivity contribution in [2.45, 2.75) is 36.1 Å². The summed E-state index contributed by atoms with van der Waals surface area (Å²) in [5.41, 5.74) is 1.48. The summed E-state index contributed by atoms with van der Waals surface area (Å²) in [6.07, 6.45) is 1.47. The van der Waals surface area contributed by atoms with E-state index in [0.29, 0.717) is 5.15 Å². The SMILES string of the molecule is CC(C)(C)c1ccc(Sc2ncnc(Cl)c2Br)cc1. The van der Waals surface area contributed by atoms with Crippen LogP contribution < -0.4 is 0 Å². The van der Waals surface area contributed by atoms with E-state index in [1.54, 1.807) is 11.8 Å². The highest BCUT2D eigenvalue weighted by Crippen LogP contribution is 2.35. The number of halogens is 2. The topological polar surface area (TPSA) is 25.8 Å². The van der Waals surface area contributed by atoms with Crippen LogP contribution in [0.1, 0.15) is 26.3 Å². The second kappa shape index (κ2) is 5.81. The summed E-state index contributed by atoms with van der Waals surface area (Å²) in [5.74, 6) is 0. The predicted octanol–water partition coefficient (Wildman–Crippen LogP) is 5.34. The van der Waals surface area contributed by atoms with Gasteiger partial charge in [0.15, 0.2) is 0 Å². The molecule has 0 radical (unpaired) electrons. The van der Waals surface area contributed by atoms with Gasteiger partial charge in [0.2, 0.25) is 0 Å². The smallest absolute Gasteiger partial charge is 0.147 e. The fraction of sp³-hybridized carbons (Fsp3) is 0.286. The molecule has 2 nitrogen and oxygen atoms in total. The molecule has 2 rings (SSSR count). The minimum absolute atomic E-state index is 0.169. The van der Waals surface area contributed by atoms with Crippen molar-refractivity contribution in [3.05, 3.63) is 45.8 Å². The highest BCUT2D eigenvalue weighted by molar-refractivity contribution is 9.10. The summed E-state index contributed by atoms with van der Waals surface area (Å²) in [5, 5.41) is 1.26. The van der Waals surface area contributed by atoms with Gasteiger partial charge < -0.3 is 0 Å². The predicted molar refractivity (Wildman–Crippen MR) is 84.0 cm³/mol. The van der Waals surface area contributed by atoms with Crippen LogP contribution in [0.5, 0.6) is 0 Å². The third-order valence-electron chi connectivity index (χ3n) is 2.65. The molecular formula is C14H14BrClN2S. The van der Waals surface area contributed by atoms with Gasteiger partial charge in [0.25, 0.3) is 0 Å². The average Bonchev–Trinajstić information content (AvgIpc) is 2.35. The molecule has 1 heterocycles. The van der Waals surface area contributed by atoms with Crippen LogP contribution in [0.2, 0.25) is 5.15 Å². The normalized spacial score (nSPS) is 11.6. The first kappa shape index (κ1) is 14.8. The molecule has 0 saturated heterocycles. The number of aromatic nitrogens is 2. The third-order valence-corrected chi connectivity index (χ3v) is 5.19. The summed E-state index contributed by atoms with van der Waals surface area (Å²) >= 11 is 10.9. The molecule has 0 amide bonds. The van der Waals surface area contributed by atoms with Crippen molar-refractivity contribution < 1.29 is 0 Å². The molecule has 0 aliphatic heterocycles. The Morgan fingerprint density at radius 2 is 1.74 bits per heavy atom. The Kier molecular flexibility index (Phi) is 4.54. The molecule has 0 aliphatic rings. The average molecular weight is 358 g/mol. The lowest BCUT2D eigenvalue weighted by atomic mass is 9.87. The summed E-state index contributed by atoms with van der Waals surface area (Å²) in [7, 11) is 0. The fourth-order valence-corrected chi connectivity index (χ4v) is 2.96. The van der Waals surface area contributed by atoms with E-state index < -0.39 is 0 Å². The fourth-order valence-electron chi connectivity index (χ4n) is 1.54. The van der Waals surface area contributed by atoms with E-state index in [9.17, 15) is 0 Å². The highest BCUT2D eigenvalue weighted by atomic mass is 79.9. The molecule has 0 unspecified atom stereocenters. The van der Waals surface area contributed by atoms with Gasteiger partial charge in [-0.25, -0.2) is 9.97 Å². The van der Waals surface area contributed by atoms with Gasteiger partial charge in [0.1, 0.15) is 16.5 Å². The molecular weight excluding hydrogens is 344 g/mol. The van der Waals surface area contributed by atoms with E-state index in [0.717, 1.165) is 14.4 Å². The Morgan fingerprint density at radius 3 is 2.32 bits per heavy atom. The Bertz CT molecular complexity index is 579.